The number of phenolic OH excluding ortho intramolecular Hbond substituents is 1. The Hall–Kier alpha value is -11.0. The van der Waals surface area contributed by atoms with Crippen LogP contribution in [0.1, 0.15) is 94.4 Å². The van der Waals surface area contributed by atoms with Crippen molar-refractivity contribution in [1.29, 1.82) is 0 Å². The topological polar surface area (TPSA) is 508 Å². The number of aromatic hydroxyl groups is 1. The number of nitrogens with zero attached hydrogens (tertiary/aromatic N) is 4. The molecule has 19 N–H and O–H groups in total. The first kappa shape index (κ1) is 78.0. The number of fused-ring (bicyclic) bond motifs is 1. The highest BCUT2D eigenvalue weighted by Crippen LogP contribution is 2.30. The Morgan fingerprint density at radius 1 is 0.710 bits per heavy atom. The lowest BCUT2D eigenvalue weighted by molar-refractivity contribution is -0.142. The fraction of sp³-hybridized carbons (Fsp3) is 0.462. The number of alkyl halides is 3. The second-order valence-electron chi connectivity index (χ2n) is 24.4. The summed E-state index contributed by atoms with van der Waals surface area (Å²) in [7, 11) is 0. The molecule has 4 heterocycles. The number of guanidine groups is 1. The average Bonchev–Trinajstić information content (AvgIpc) is 1.59. The molecule has 32 nitrogen and oxygen atoms in total. The van der Waals surface area contributed by atoms with E-state index in [9.17, 15) is 76.1 Å². The Balaban J connectivity index is 0.00000383. The predicted molar refractivity (Wildman–Crippen MR) is 356 cm³/mol. The summed E-state index contributed by atoms with van der Waals surface area (Å²) in [6.45, 7) is 3.04. The van der Waals surface area contributed by atoms with Crippen LogP contribution in [-0.4, -0.2) is 201 Å². The zero-order valence-corrected chi connectivity index (χ0v) is 55.1. The average molecular weight is 1400 g/mol. The van der Waals surface area contributed by atoms with Crippen molar-refractivity contribution in [2.45, 2.75) is 152 Å². The van der Waals surface area contributed by atoms with Crippen molar-refractivity contribution in [3.05, 3.63) is 101 Å². The minimum absolute atomic E-state index is 0.00669. The van der Waals surface area contributed by atoms with Crippen LogP contribution in [0.5, 0.6) is 5.75 Å². The van der Waals surface area contributed by atoms with Crippen LogP contribution >= 0.6 is 0 Å². The molecule has 1 aromatic heterocycles. The van der Waals surface area contributed by atoms with Gasteiger partial charge in [-0.1, -0.05) is 62.4 Å². The second kappa shape index (κ2) is 37.1. The van der Waals surface area contributed by atoms with Gasteiger partial charge in [0.25, 0.3) is 5.97 Å². The van der Waals surface area contributed by atoms with Crippen LogP contribution < -0.4 is 65.1 Å². The first-order valence-corrected chi connectivity index (χ1v) is 32.1. The molecule has 0 unspecified atom stereocenters. The van der Waals surface area contributed by atoms with Crippen LogP contribution in [0.4, 0.5) is 13.2 Å². The number of phenols is 1. The highest BCUT2D eigenvalue weighted by atomic mass is 19.4. The number of aliphatic hydroxyl groups excluding tert-OH is 1. The van der Waals surface area contributed by atoms with E-state index in [1.165, 1.54) is 41.6 Å². The van der Waals surface area contributed by atoms with Crippen LogP contribution in [-0.2, 0) is 83.0 Å². The van der Waals surface area contributed by atoms with E-state index in [-0.39, 0.29) is 106 Å². The van der Waals surface area contributed by atoms with E-state index in [0.29, 0.717) is 28.6 Å². The molecule has 35 heteroatoms. The summed E-state index contributed by atoms with van der Waals surface area (Å²) >= 11 is 0. The molecule has 3 aliphatic rings. The van der Waals surface area contributed by atoms with E-state index in [1.54, 1.807) is 44.3 Å². The highest BCUT2D eigenvalue weighted by molar-refractivity contribution is 6.03. The number of hydrogen-bond acceptors (Lipinski definition) is 17. The molecule has 7 rings (SSSR count). The Morgan fingerprint density at radius 3 is 1.87 bits per heavy atom. The lowest BCUT2D eigenvalue weighted by Gasteiger charge is -2.30. The molecule has 0 radical (unpaired) electrons. The van der Waals surface area contributed by atoms with Gasteiger partial charge in [0, 0.05) is 74.9 Å². The van der Waals surface area contributed by atoms with E-state index in [1.807, 2.05) is 0 Å². The number of aliphatic carboxylic acids is 1. The number of aliphatic imine (C=N–C) groups is 3. The lowest BCUT2D eigenvalue weighted by atomic mass is 9.98. The summed E-state index contributed by atoms with van der Waals surface area (Å²) in [4.78, 5) is 178. The van der Waals surface area contributed by atoms with Crippen molar-refractivity contribution in [3.63, 3.8) is 0 Å². The van der Waals surface area contributed by atoms with Gasteiger partial charge in [-0.2, -0.15) is 13.2 Å². The Morgan fingerprint density at radius 2 is 1.29 bits per heavy atom. The number of aliphatic hydroxyl groups is 1. The van der Waals surface area contributed by atoms with Gasteiger partial charge < -0.3 is 90.3 Å². The number of benzene rings is 3. The maximum absolute atomic E-state index is 15.0. The molecular formula is C65H84F3N17O15. The second-order valence-corrected chi connectivity index (χ2v) is 24.4. The molecule has 3 aliphatic heterocycles. The molecular weight excluding hydrogens is 1320 g/mol. The van der Waals surface area contributed by atoms with Gasteiger partial charge in [-0.15, -0.1) is 0 Å². The fourth-order valence-electron chi connectivity index (χ4n) is 11.2. The van der Waals surface area contributed by atoms with E-state index in [2.05, 4.69) is 67.8 Å². The number of H-pyrrole nitrogens is 1. The smallest absolute Gasteiger partial charge is 0.416 e. The number of primary amides is 1. The van der Waals surface area contributed by atoms with Gasteiger partial charge in [-0.3, -0.25) is 67.5 Å². The number of carbonyl (C=O) groups is 12. The number of nitrogens with two attached hydrogens (primary N) is 3. The number of carboxylic acids is 1. The number of amides is 11. The molecule has 11 amide bonds. The maximum atomic E-state index is 15.0. The number of aromatic amines is 1. The number of likely N-dealkylation sites (tertiary alicyclic amines) is 1. The first-order valence-electron chi connectivity index (χ1n) is 32.1. The summed E-state index contributed by atoms with van der Waals surface area (Å²) in [6, 6.07) is 2.80. The molecule has 100 heavy (non-hydrogen) atoms. The maximum Gasteiger partial charge on any atom is 0.416 e. The van der Waals surface area contributed by atoms with Crippen LogP contribution in [0.25, 0.3) is 10.9 Å². The van der Waals surface area contributed by atoms with Crippen molar-refractivity contribution in [2.75, 3.05) is 32.8 Å². The number of nitrogens with one attached hydrogen (secondary N) is 10. The predicted octanol–water partition coefficient (Wildman–Crippen LogP) is -1.76. The number of carboxylic acid groups (broad SMARTS) is 1. The summed E-state index contributed by atoms with van der Waals surface area (Å²) in [5, 5.41) is 52.1. The van der Waals surface area contributed by atoms with Crippen molar-refractivity contribution in [3.8, 4) is 5.75 Å². The number of para-hydroxylation sites is 1. The molecule has 2 fully saturated rings. The fourth-order valence-corrected chi connectivity index (χ4v) is 11.2. The Kier molecular flexibility index (Phi) is 28.9. The van der Waals surface area contributed by atoms with Crippen LogP contribution in [0.2, 0.25) is 0 Å². The number of halogens is 3. The first-order chi connectivity index (χ1) is 47.4. The SMILES string of the molecule is CC(=O)O.CC(C)C[C@H](NC(=O)[C@@H](Cc1cccc(C(F)(F)F)c1)NC(=O)[C@H](Cc1ccc(O)cc1)NC(=O)[C@H](CO)NC(=O)[C@H](Cc1c[nH]c2ccccc12)NC(=O)[C@H](CC1=NC=NC1)NC(=O)[C@@H]1CCC(=O)N1)C(=O)N[C@@H](CCCN=C(N)N)C(=O)N1CCC[C@H]1C(=O)NCC(N)=O. The molecule has 0 aliphatic carbocycles. The lowest BCUT2D eigenvalue weighted by Crippen LogP contribution is -2.61. The normalized spacial score (nSPS) is 16.9. The number of rotatable bonds is 33. The summed E-state index contributed by atoms with van der Waals surface area (Å²) in [5.74, 6) is -11.3. The van der Waals surface area contributed by atoms with Crippen molar-refractivity contribution >= 4 is 99.9 Å². The molecule has 9 atom stereocenters. The third-order valence-corrected chi connectivity index (χ3v) is 16.0. The van der Waals surface area contributed by atoms with E-state index in [0.717, 1.165) is 25.1 Å². The van der Waals surface area contributed by atoms with Crippen molar-refractivity contribution in [1.82, 2.24) is 57.7 Å². The molecule has 540 valence electrons. The standard InChI is InChI=1S/C63H80F3N17O13.C2H4O2/c1-33(2)22-44(54(89)76-43(12-6-20-71-62(68)69)61(96)83-21-7-13-50(83)60(95)73-30-51(67)86)77-56(91)46(25-35-8-5-9-37(23-35)63(64,65)66)78-55(90)45(24-34-14-16-39(85)17-15-34)79-59(94)49(31-84)82-57(92)47(26-36-28-72-41-11-4-3-10-40(36)41)80-58(93)48(27-38-29-70-32-74-38)81-53(88)42-18-19-52(87)75-42;1-2(3)4/h3-5,8-11,14-17,23,28,32-33,42-50,72,84-85H,6-7,12-13,18-22,24-27,29-31H2,1-2H3,(H2,67,86)(H,73,95)(H,75,87)(H,76,89)(H,77,91)(H,78,90)(H,79,94)(H,80,93)(H,81,88)(H,82,92)(H4,68,69,71);1H3,(H,3,4)/t42-,43-,44-,45-,46+,47-,48-,49-,50-;/m0./s1. The minimum Gasteiger partial charge on any atom is -0.508 e. The molecule has 2 saturated heterocycles. The van der Waals surface area contributed by atoms with Crippen molar-refractivity contribution in [2.24, 2.45) is 38.1 Å². The van der Waals surface area contributed by atoms with Crippen LogP contribution in [0.3, 0.4) is 0 Å². The zero-order chi connectivity index (χ0) is 73.4. The monoisotopic (exact) mass is 1400 g/mol. The highest BCUT2D eigenvalue weighted by Gasteiger charge is 2.41. The quantitative estimate of drug-likeness (QED) is 0.0143. The van der Waals surface area contributed by atoms with Gasteiger partial charge in [0.05, 0.1) is 25.3 Å². The summed E-state index contributed by atoms with van der Waals surface area (Å²) in [6.07, 6.45) is -2.81. The van der Waals surface area contributed by atoms with Gasteiger partial charge in [0.2, 0.25) is 65.0 Å². The summed E-state index contributed by atoms with van der Waals surface area (Å²) in [5.41, 5.74) is 16.9. The van der Waals surface area contributed by atoms with Gasteiger partial charge in [-0.25, -0.2) is 4.99 Å². The molecule has 4 aromatic rings. The van der Waals surface area contributed by atoms with Gasteiger partial charge in [0.15, 0.2) is 5.96 Å². The van der Waals surface area contributed by atoms with Crippen molar-refractivity contribution < 1.29 is 86.0 Å². The molecule has 0 spiro atoms. The third kappa shape index (κ3) is 24.2. The Labute approximate surface area is 571 Å². The largest absolute Gasteiger partial charge is 0.508 e. The van der Waals surface area contributed by atoms with E-state index in [4.69, 9.17) is 27.1 Å². The van der Waals surface area contributed by atoms with Crippen LogP contribution in [0.15, 0.2) is 94.0 Å². The van der Waals surface area contributed by atoms with Gasteiger partial charge in [0.1, 0.15) is 66.5 Å². The summed E-state index contributed by atoms with van der Waals surface area (Å²) < 4.78 is 42.7. The molecule has 0 saturated carbocycles. The number of hydrogen-bond donors (Lipinski definition) is 16. The zero-order valence-electron chi connectivity index (χ0n) is 55.1. The van der Waals surface area contributed by atoms with Crippen LogP contribution in [0, 0.1) is 5.92 Å². The van der Waals surface area contributed by atoms with E-state index < -0.39 is 157 Å². The van der Waals surface area contributed by atoms with Gasteiger partial charge >= 0.3 is 6.18 Å². The molecule has 0 bridgehead atoms. The number of carbonyl (C=O) groups excluding carboxylic acids is 11. The number of aromatic nitrogens is 1. The minimum atomic E-state index is -4.87. The third-order valence-electron chi connectivity index (χ3n) is 16.0. The van der Waals surface area contributed by atoms with Gasteiger partial charge in [-0.05, 0) is 85.4 Å². The molecule has 3 aromatic carbocycles. The van der Waals surface area contributed by atoms with E-state index >= 15 is 0 Å². The Bertz CT molecular complexity index is 3710.